The van der Waals surface area contributed by atoms with E-state index in [4.69, 9.17) is 14.2 Å². The van der Waals surface area contributed by atoms with Crippen LogP contribution in [0.15, 0.2) is 110 Å². The van der Waals surface area contributed by atoms with E-state index in [1.807, 2.05) is 73.6 Å². The molecule has 0 N–H and O–H groups in total. The molecule has 0 spiro atoms. The second-order valence-electron chi connectivity index (χ2n) is 10.1. The summed E-state index contributed by atoms with van der Waals surface area (Å²) in [5.41, 5.74) is 6.38. The Bertz CT molecular complexity index is 1550. The highest BCUT2D eigenvalue weighted by Gasteiger charge is 2.12. The molecule has 0 saturated heterocycles. The summed E-state index contributed by atoms with van der Waals surface area (Å²) in [6.45, 7) is 2.73. The van der Waals surface area contributed by atoms with E-state index in [0.717, 1.165) is 39.8 Å². The summed E-state index contributed by atoms with van der Waals surface area (Å²) < 4.78 is 19.2. The first-order valence-corrected chi connectivity index (χ1v) is 14.0. The van der Waals surface area contributed by atoms with Gasteiger partial charge in [0.2, 0.25) is 0 Å². The molecule has 0 bridgehead atoms. The highest BCUT2D eigenvalue weighted by molar-refractivity contribution is 5.50. The summed E-state index contributed by atoms with van der Waals surface area (Å²) in [5, 5.41) is 4.39. The maximum absolute atomic E-state index is 5.94. The lowest BCUT2D eigenvalue weighted by Crippen LogP contribution is -2.22. The van der Waals surface area contributed by atoms with Crippen LogP contribution in [0.2, 0.25) is 0 Å². The van der Waals surface area contributed by atoms with E-state index in [1.165, 1.54) is 5.56 Å². The van der Waals surface area contributed by atoms with Crippen molar-refractivity contribution in [1.82, 2.24) is 14.8 Å². The minimum Gasteiger partial charge on any atom is -0.497 e. The predicted octanol–water partition coefficient (Wildman–Crippen LogP) is 6.14. The molecule has 2 aromatic heterocycles. The molecule has 42 heavy (non-hydrogen) atoms. The molecular formula is C34H37N5O3. The van der Waals surface area contributed by atoms with Crippen molar-refractivity contribution in [1.29, 1.82) is 0 Å². The van der Waals surface area contributed by atoms with Crippen LogP contribution in [0.4, 0.5) is 11.4 Å². The lowest BCUT2D eigenvalue weighted by molar-refractivity contribution is 0.0870. The van der Waals surface area contributed by atoms with Crippen molar-refractivity contribution in [2.24, 2.45) is 0 Å². The van der Waals surface area contributed by atoms with Gasteiger partial charge in [-0.05, 0) is 65.7 Å². The number of hydrogen-bond donors (Lipinski definition) is 0. The Morgan fingerprint density at radius 1 is 0.738 bits per heavy atom. The lowest BCUT2D eigenvalue weighted by Gasteiger charge is -2.26. The van der Waals surface area contributed by atoms with Gasteiger partial charge >= 0.3 is 0 Å². The van der Waals surface area contributed by atoms with Crippen molar-refractivity contribution in [2.75, 3.05) is 44.2 Å². The van der Waals surface area contributed by atoms with Crippen molar-refractivity contribution in [3.05, 3.63) is 126 Å². The first-order chi connectivity index (χ1) is 20.6. The van der Waals surface area contributed by atoms with Gasteiger partial charge in [0, 0.05) is 63.2 Å². The van der Waals surface area contributed by atoms with Gasteiger partial charge in [-0.25, -0.2) is 4.68 Å². The normalized spacial score (nSPS) is 10.8. The topological polar surface area (TPSA) is 64.9 Å². The van der Waals surface area contributed by atoms with E-state index in [0.29, 0.717) is 32.9 Å². The Labute approximate surface area is 247 Å². The first kappa shape index (κ1) is 28.7. The SMILES string of the molecule is COc1cccc(CN(Cc2cccc(-n3cccn3)c2)c2ccnc(COCCOc3cccc(N(C)C)c3)c2)c1. The molecule has 0 aliphatic carbocycles. The van der Waals surface area contributed by atoms with E-state index in [9.17, 15) is 0 Å². The third-order valence-electron chi connectivity index (χ3n) is 6.81. The molecule has 5 rings (SSSR count). The number of nitrogens with zero attached hydrogens (tertiary/aromatic N) is 5. The Hall–Kier alpha value is -4.82. The van der Waals surface area contributed by atoms with Gasteiger partial charge in [0.15, 0.2) is 0 Å². The van der Waals surface area contributed by atoms with Gasteiger partial charge in [-0.15, -0.1) is 0 Å². The second-order valence-corrected chi connectivity index (χ2v) is 10.1. The first-order valence-electron chi connectivity index (χ1n) is 14.0. The fraction of sp³-hybridized carbons (Fsp3) is 0.235. The fourth-order valence-corrected chi connectivity index (χ4v) is 4.66. The van der Waals surface area contributed by atoms with E-state index >= 15 is 0 Å². The van der Waals surface area contributed by atoms with Crippen LogP contribution >= 0.6 is 0 Å². The van der Waals surface area contributed by atoms with Crippen LogP contribution in [0.5, 0.6) is 11.5 Å². The van der Waals surface area contributed by atoms with Gasteiger partial charge in [-0.1, -0.05) is 30.3 Å². The van der Waals surface area contributed by atoms with Gasteiger partial charge in [-0.3, -0.25) is 4.98 Å². The minimum absolute atomic E-state index is 0.400. The molecule has 8 nitrogen and oxygen atoms in total. The molecule has 0 fully saturated rings. The van der Waals surface area contributed by atoms with Crippen molar-refractivity contribution < 1.29 is 14.2 Å². The van der Waals surface area contributed by atoms with Gasteiger partial charge < -0.3 is 24.0 Å². The molecular weight excluding hydrogens is 526 g/mol. The zero-order chi connectivity index (χ0) is 29.1. The fourth-order valence-electron chi connectivity index (χ4n) is 4.66. The summed E-state index contributed by atoms with van der Waals surface area (Å²) >= 11 is 0. The Morgan fingerprint density at radius 2 is 1.52 bits per heavy atom. The molecule has 0 aliphatic rings. The third kappa shape index (κ3) is 7.89. The summed E-state index contributed by atoms with van der Waals surface area (Å²) in [4.78, 5) is 8.96. The summed E-state index contributed by atoms with van der Waals surface area (Å²) in [7, 11) is 5.72. The number of anilines is 2. The number of aromatic nitrogens is 3. The van der Waals surface area contributed by atoms with E-state index < -0.39 is 0 Å². The number of benzene rings is 3. The quantitative estimate of drug-likeness (QED) is 0.150. The molecule has 0 amide bonds. The van der Waals surface area contributed by atoms with E-state index in [1.54, 1.807) is 13.3 Å². The number of rotatable bonds is 14. The number of hydrogen-bond acceptors (Lipinski definition) is 7. The average molecular weight is 564 g/mol. The van der Waals surface area contributed by atoms with E-state index in [2.05, 4.69) is 68.4 Å². The van der Waals surface area contributed by atoms with Crippen LogP contribution in [-0.2, 0) is 24.4 Å². The third-order valence-corrected chi connectivity index (χ3v) is 6.81. The van der Waals surface area contributed by atoms with Gasteiger partial charge in [0.25, 0.3) is 0 Å². The van der Waals surface area contributed by atoms with E-state index in [-0.39, 0.29) is 0 Å². The predicted molar refractivity (Wildman–Crippen MR) is 167 cm³/mol. The smallest absolute Gasteiger partial charge is 0.121 e. The largest absolute Gasteiger partial charge is 0.497 e. The molecule has 5 aromatic rings. The van der Waals surface area contributed by atoms with Crippen LogP contribution in [0.1, 0.15) is 16.8 Å². The van der Waals surface area contributed by atoms with Crippen LogP contribution < -0.4 is 19.3 Å². The van der Waals surface area contributed by atoms with Crippen LogP contribution in [0, 0.1) is 0 Å². The summed E-state index contributed by atoms with van der Waals surface area (Å²) in [6.07, 6.45) is 5.58. The summed E-state index contributed by atoms with van der Waals surface area (Å²) in [6, 6.07) is 30.7. The molecule has 3 aromatic carbocycles. The maximum atomic E-state index is 5.94. The molecule has 8 heteroatoms. The number of pyridine rings is 1. The molecule has 0 unspecified atom stereocenters. The maximum Gasteiger partial charge on any atom is 0.121 e. The number of ether oxygens (including phenoxy) is 3. The molecule has 216 valence electrons. The zero-order valence-electron chi connectivity index (χ0n) is 24.4. The Kier molecular flexibility index (Phi) is 9.69. The standard InChI is InChI=1S/C34H37N5O3/c1-37(2)30-10-6-13-34(23-30)42-19-18-41-26-29-22-31(14-16-35-29)38(25-28-9-5-12-33(21-28)40-3)24-27-8-4-11-32(20-27)39-17-7-15-36-39/h4-17,20-23H,18-19,24-26H2,1-3H3. The molecule has 0 aliphatic heterocycles. The average Bonchev–Trinajstić information content (AvgIpc) is 3.57. The molecule has 0 atom stereocenters. The van der Waals surface area contributed by atoms with Crippen molar-refractivity contribution in [2.45, 2.75) is 19.7 Å². The van der Waals surface area contributed by atoms with Crippen LogP contribution in [-0.4, -0.2) is 49.2 Å². The zero-order valence-corrected chi connectivity index (χ0v) is 24.4. The van der Waals surface area contributed by atoms with Gasteiger partial charge in [0.1, 0.15) is 18.1 Å². The Morgan fingerprint density at radius 3 is 2.31 bits per heavy atom. The minimum atomic E-state index is 0.400. The molecule has 0 radical (unpaired) electrons. The van der Waals surface area contributed by atoms with Crippen molar-refractivity contribution >= 4 is 11.4 Å². The molecule has 0 saturated carbocycles. The second kappa shape index (κ2) is 14.2. The number of methoxy groups -OCH3 is 1. The highest BCUT2D eigenvalue weighted by atomic mass is 16.5. The van der Waals surface area contributed by atoms with Gasteiger partial charge in [-0.2, -0.15) is 5.10 Å². The summed E-state index contributed by atoms with van der Waals surface area (Å²) in [5.74, 6) is 1.67. The van der Waals surface area contributed by atoms with Crippen molar-refractivity contribution in [3.8, 4) is 17.2 Å². The Balaban J connectivity index is 1.26. The highest BCUT2D eigenvalue weighted by Crippen LogP contribution is 2.24. The monoisotopic (exact) mass is 563 g/mol. The lowest BCUT2D eigenvalue weighted by atomic mass is 10.1. The van der Waals surface area contributed by atoms with Gasteiger partial charge in [0.05, 0.1) is 31.7 Å². The van der Waals surface area contributed by atoms with Crippen molar-refractivity contribution in [3.63, 3.8) is 0 Å². The van der Waals surface area contributed by atoms with Crippen LogP contribution in [0.25, 0.3) is 5.69 Å². The molecule has 2 heterocycles. The van der Waals surface area contributed by atoms with Crippen LogP contribution in [0.3, 0.4) is 0 Å².